The van der Waals surface area contributed by atoms with Crippen LogP contribution < -0.4 is 9.64 Å². The predicted octanol–water partition coefficient (Wildman–Crippen LogP) is 1.37. The number of ether oxygens (including phenoxy) is 2. The molecule has 2 amide bonds. The molecule has 3 heterocycles. The Kier molecular flexibility index (Phi) is 5.82. The molecule has 7 heteroatoms. The van der Waals surface area contributed by atoms with E-state index in [4.69, 9.17) is 9.47 Å². The van der Waals surface area contributed by atoms with Crippen molar-refractivity contribution in [3.05, 3.63) is 24.3 Å². The second kappa shape index (κ2) is 8.49. The summed E-state index contributed by atoms with van der Waals surface area (Å²) >= 11 is 0. The summed E-state index contributed by atoms with van der Waals surface area (Å²) in [5.41, 5.74) is 0.822. The molecule has 152 valence electrons. The molecule has 0 aliphatic carbocycles. The van der Waals surface area contributed by atoms with Crippen LogP contribution in [0.5, 0.6) is 5.75 Å². The lowest BCUT2D eigenvalue weighted by molar-refractivity contribution is -0.137. The van der Waals surface area contributed by atoms with Crippen molar-refractivity contribution in [2.75, 3.05) is 57.9 Å². The largest absolute Gasteiger partial charge is 0.497 e. The second-order valence-corrected chi connectivity index (χ2v) is 7.86. The smallest absolute Gasteiger partial charge is 0.228 e. The van der Waals surface area contributed by atoms with E-state index < -0.39 is 0 Å². The van der Waals surface area contributed by atoms with Crippen molar-refractivity contribution in [2.24, 2.45) is 5.92 Å². The average molecular weight is 387 g/mol. The van der Waals surface area contributed by atoms with Crippen LogP contribution in [0.15, 0.2) is 24.3 Å². The van der Waals surface area contributed by atoms with Crippen molar-refractivity contribution in [1.29, 1.82) is 0 Å². The fourth-order valence-corrected chi connectivity index (χ4v) is 4.37. The molecule has 0 spiro atoms. The first-order valence-electron chi connectivity index (χ1n) is 10.2. The number of anilines is 1. The Morgan fingerprint density at radius 2 is 1.93 bits per heavy atom. The molecule has 4 rings (SSSR count). The number of nitrogens with zero attached hydrogens (tertiary/aromatic N) is 3. The van der Waals surface area contributed by atoms with Crippen LogP contribution in [0.4, 0.5) is 5.69 Å². The van der Waals surface area contributed by atoms with E-state index in [1.165, 1.54) is 0 Å². The summed E-state index contributed by atoms with van der Waals surface area (Å²) in [6, 6.07) is 7.41. The Hall–Kier alpha value is -2.12. The molecule has 2 unspecified atom stereocenters. The molecule has 3 aliphatic heterocycles. The molecule has 0 saturated carbocycles. The highest BCUT2D eigenvalue weighted by Gasteiger charge is 2.38. The van der Waals surface area contributed by atoms with Crippen molar-refractivity contribution in [2.45, 2.75) is 25.4 Å². The van der Waals surface area contributed by atoms with E-state index in [9.17, 15) is 9.59 Å². The predicted molar refractivity (Wildman–Crippen MR) is 105 cm³/mol. The van der Waals surface area contributed by atoms with Crippen molar-refractivity contribution < 1.29 is 19.1 Å². The first-order valence-corrected chi connectivity index (χ1v) is 10.2. The summed E-state index contributed by atoms with van der Waals surface area (Å²) in [6.45, 7) is 5.54. The lowest BCUT2D eigenvalue weighted by atomic mass is 10.1. The highest BCUT2D eigenvalue weighted by atomic mass is 16.5. The summed E-state index contributed by atoms with van der Waals surface area (Å²) in [6.07, 6.45) is 2.95. The molecule has 3 saturated heterocycles. The average Bonchev–Trinajstić information content (AvgIpc) is 3.38. The van der Waals surface area contributed by atoms with Gasteiger partial charge < -0.3 is 19.3 Å². The lowest BCUT2D eigenvalue weighted by Gasteiger charge is -2.36. The first-order chi connectivity index (χ1) is 13.6. The van der Waals surface area contributed by atoms with Crippen LogP contribution in [0, 0.1) is 5.92 Å². The minimum atomic E-state index is -0.251. The number of carbonyl (C=O) groups excluding carboxylic acids is 2. The van der Waals surface area contributed by atoms with Crippen molar-refractivity contribution >= 4 is 17.5 Å². The first kappa shape index (κ1) is 19.2. The number of piperazine rings is 1. The number of hydrogen-bond donors (Lipinski definition) is 0. The van der Waals surface area contributed by atoms with E-state index in [1.807, 2.05) is 29.2 Å². The van der Waals surface area contributed by atoms with Crippen molar-refractivity contribution in [1.82, 2.24) is 9.80 Å². The third-order valence-electron chi connectivity index (χ3n) is 6.03. The summed E-state index contributed by atoms with van der Waals surface area (Å²) in [7, 11) is 1.62. The Balaban J connectivity index is 1.29. The molecular formula is C21H29N3O4. The van der Waals surface area contributed by atoms with E-state index in [0.29, 0.717) is 19.1 Å². The number of hydrogen-bond acceptors (Lipinski definition) is 5. The molecule has 7 nitrogen and oxygen atoms in total. The number of carbonyl (C=O) groups is 2. The van der Waals surface area contributed by atoms with Gasteiger partial charge in [0.2, 0.25) is 11.8 Å². The molecule has 0 radical (unpaired) electrons. The minimum Gasteiger partial charge on any atom is -0.497 e. The molecule has 28 heavy (non-hydrogen) atoms. The van der Waals surface area contributed by atoms with Gasteiger partial charge in [-0.1, -0.05) is 0 Å². The zero-order valence-electron chi connectivity index (χ0n) is 16.5. The van der Waals surface area contributed by atoms with Gasteiger partial charge in [0, 0.05) is 58.0 Å². The fraction of sp³-hybridized carbons (Fsp3) is 0.619. The standard InChI is InChI=1S/C21H29N3O4/c1-27-18-6-4-17(5-7-18)24-14-16(13-20(24)25)21(26)23-10-8-22(9-11-23)15-19-3-2-12-28-19/h4-7,16,19H,2-3,8-15H2,1H3. The molecule has 3 aliphatic rings. The lowest BCUT2D eigenvalue weighted by Crippen LogP contribution is -2.52. The van der Waals surface area contributed by atoms with Gasteiger partial charge in [-0.3, -0.25) is 14.5 Å². The third-order valence-corrected chi connectivity index (χ3v) is 6.03. The number of amides is 2. The van der Waals surface area contributed by atoms with Gasteiger partial charge in [-0.05, 0) is 37.1 Å². The van der Waals surface area contributed by atoms with Gasteiger partial charge in [-0.25, -0.2) is 0 Å². The maximum Gasteiger partial charge on any atom is 0.228 e. The van der Waals surface area contributed by atoms with Gasteiger partial charge in [0.05, 0.1) is 19.1 Å². The molecule has 0 bridgehead atoms. The highest BCUT2D eigenvalue weighted by Crippen LogP contribution is 2.28. The van der Waals surface area contributed by atoms with Crippen molar-refractivity contribution in [3.8, 4) is 5.75 Å². The van der Waals surface area contributed by atoms with E-state index in [2.05, 4.69) is 4.90 Å². The Morgan fingerprint density at radius 1 is 1.18 bits per heavy atom. The normalized spacial score (nSPS) is 26.1. The van der Waals surface area contributed by atoms with Crippen LogP contribution in [-0.2, 0) is 14.3 Å². The fourth-order valence-electron chi connectivity index (χ4n) is 4.37. The van der Waals surface area contributed by atoms with Crippen LogP contribution >= 0.6 is 0 Å². The zero-order chi connectivity index (χ0) is 19.5. The highest BCUT2D eigenvalue weighted by molar-refractivity contribution is 6.00. The maximum atomic E-state index is 13.0. The molecule has 2 atom stereocenters. The summed E-state index contributed by atoms with van der Waals surface area (Å²) in [5.74, 6) is 0.630. The SMILES string of the molecule is COc1ccc(N2CC(C(=O)N3CCN(CC4CCCO4)CC3)CC2=O)cc1. The molecule has 1 aromatic carbocycles. The van der Waals surface area contributed by atoms with Gasteiger partial charge in [-0.2, -0.15) is 0 Å². The second-order valence-electron chi connectivity index (χ2n) is 7.86. The molecule has 3 fully saturated rings. The van der Waals surface area contributed by atoms with Crippen LogP contribution in [0.25, 0.3) is 0 Å². The Labute approximate surface area is 166 Å². The van der Waals surface area contributed by atoms with Crippen molar-refractivity contribution in [3.63, 3.8) is 0 Å². The summed E-state index contributed by atoms with van der Waals surface area (Å²) < 4.78 is 10.9. The molecule has 1 aromatic rings. The van der Waals surface area contributed by atoms with Crippen LogP contribution in [0.1, 0.15) is 19.3 Å². The van der Waals surface area contributed by atoms with E-state index >= 15 is 0 Å². The van der Waals surface area contributed by atoms with E-state index in [-0.39, 0.29) is 17.7 Å². The van der Waals surface area contributed by atoms with Gasteiger partial charge in [0.15, 0.2) is 0 Å². The van der Waals surface area contributed by atoms with Gasteiger partial charge in [0.1, 0.15) is 5.75 Å². The summed E-state index contributed by atoms with van der Waals surface area (Å²) in [4.78, 5) is 31.5. The zero-order valence-corrected chi connectivity index (χ0v) is 16.5. The molecular weight excluding hydrogens is 358 g/mol. The molecule has 0 aromatic heterocycles. The van der Waals surface area contributed by atoms with Gasteiger partial charge >= 0.3 is 0 Å². The molecule has 0 N–H and O–H groups in total. The quantitative estimate of drug-likeness (QED) is 0.764. The van der Waals surface area contributed by atoms with E-state index in [1.54, 1.807) is 12.0 Å². The van der Waals surface area contributed by atoms with Gasteiger partial charge in [0.25, 0.3) is 0 Å². The number of benzene rings is 1. The Bertz CT molecular complexity index is 694. The maximum absolute atomic E-state index is 13.0. The minimum absolute atomic E-state index is 0.0144. The van der Waals surface area contributed by atoms with Gasteiger partial charge in [-0.15, -0.1) is 0 Å². The monoisotopic (exact) mass is 387 g/mol. The summed E-state index contributed by atoms with van der Waals surface area (Å²) in [5, 5.41) is 0. The van der Waals surface area contributed by atoms with Crippen LogP contribution in [-0.4, -0.2) is 80.7 Å². The Morgan fingerprint density at radius 3 is 2.57 bits per heavy atom. The van der Waals surface area contributed by atoms with Crippen LogP contribution in [0.3, 0.4) is 0 Å². The topological polar surface area (TPSA) is 62.3 Å². The number of methoxy groups -OCH3 is 1. The number of rotatable bonds is 5. The third kappa shape index (κ3) is 4.15. The van der Waals surface area contributed by atoms with Crippen LogP contribution in [0.2, 0.25) is 0 Å². The van der Waals surface area contributed by atoms with E-state index in [0.717, 1.165) is 63.6 Å².